The van der Waals surface area contributed by atoms with Crippen LogP contribution in [-0.4, -0.2) is 12.5 Å². The molecule has 1 rings (SSSR count). The Labute approximate surface area is 78.5 Å². The first kappa shape index (κ1) is 11.0. The maximum atomic E-state index is 13.2. The molecule has 5 heteroatoms. The van der Waals surface area contributed by atoms with Crippen LogP contribution in [0, 0.1) is 0 Å². The van der Waals surface area contributed by atoms with Crippen LogP contribution < -0.4 is 5.73 Å². The molecule has 0 fully saturated rings. The Bertz CT molecular complexity index is 286. The molecule has 1 unspecified atom stereocenters. The van der Waals surface area contributed by atoms with E-state index in [4.69, 9.17) is 5.73 Å². The summed E-state index contributed by atoms with van der Waals surface area (Å²) < 4.78 is 50.4. The topological polar surface area (TPSA) is 26.0 Å². The molecule has 0 bridgehead atoms. The summed E-state index contributed by atoms with van der Waals surface area (Å²) in [7, 11) is 0. The van der Waals surface area contributed by atoms with E-state index in [0.717, 1.165) is 12.1 Å². The smallest absolute Gasteiger partial charge is 0.293 e. The number of halogens is 4. The van der Waals surface area contributed by atoms with Crippen LogP contribution in [0.25, 0.3) is 0 Å². The summed E-state index contributed by atoms with van der Waals surface area (Å²) in [5, 5.41) is 0. The van der Waals surface area contributed by atoms with E-state index >= 15 is 0 Å². The summed E-state index contributed by atoms with van der Waals surface area (Å²) in [6, 6.07) is 3.89. The Morgan fingerprint density at radius 2 is 1.57 bits per heavy atom. The highest BCUT2D eigenvalue weighted by molar-refractivity contribution is 5.21. The zero-order valence-corrected chi connectivity index (χ0v) is 7.13. The second-order valence-electron chi connectivity index (χ2n) is 2.85. The SMILES string of the molecule is NC(C(F)F)C(F)(F)c1ccccc1. The van der Waals surface area contributed by atoms with Gasteiger partial charge in [0.1, 0.15) is 6.04 Å². The third kappa shape index (κ3) is 2.04. The summed E-state index contributed by atoms with van der Waals surface area (Å²) in [6.45, 7) is 0. The highest BCUT2D eigenvalue weighted by atomic mass is 19.3. The van der Waals surface area contributed by atoms with Gasteiger partial charge in [-0.05, 0) is 0 Å². The number of rotatable bonds is 3. The standard InChI is InChI=1S/C9H9F4N/c10-8(11)7(14)9(12,13)6-4-2-1-3-5-6/h1-5,7-8H,14H2. The number of hydrogen-bond donors (Lipinski definition) is 1. The molecule has 0 aliphatic rings. The van der Waals surface area contributed by atoms with Crippen LogP contribution in [0.3, 0.4) is 0 Å². The molecule has 0 aliphatic carbocycles. The van der Waals surface area contributed by atoms with Crippen molar-refractivity contribution in [2.24, 2.45) is 5.73 Å². The normalized spacial score (nSPS) is 14.4. The van der Waals surface area contributed by atoms with Gasteiger partial charge in [0.25, 0.3) is 12.3 Å². The van der Waals surface area contributed by atoms with E-state index in [-0.39, 0.29) is 0 Å². The summed E-state index contributed by atoms with van der Waals surface area (Å²) in [4.78, 5) is 0. The maximum absolute atomic E-state index is 13.2. The highest BCUT2D eigenvalue weighted by Gasteiger charge is 2.44. The predicted molar refractivity (Wildman–Crippen MR) is 44.3 cm³/mol. The minimum atomic E-state index is -3.70. The van der Waals surface area contributed by atoms with Crippen molar-refractivity contribution in [3.05, 3.63) is 35.9 Å². The third-order valence-corrected chi connectivity index (χ3v) is 1.85. The summed E-state index contributed by atoms with van der Waals surface area (Å²) in [6.07, 6.45) is -3.25. The molecule has 14 heavy (non-hydrogen) atoms. The van der Waals surface area contributed by atoms with Crippen molar-refractivity contribution >= 4 is 0 Å². The minimum absolute atomic E-state index is 0.493. The number of nitrogens with two attached hydrogens (primary N) is 1. The molecule has 0 radical (unpaired) electrons. The van der Waals surface area contributed by atoms with E-state index in [1.54, 1.807) is 0 Å². The molecule has 0 aliphatic heterocycles. The van der Waals surface area contributed by atoms with E-state index in [1.165, 1.54) is 18.2 Å². The molecule has 0 saturated carbocycles. The lowest BCUT2D eigenvalue weighted by molar-refractivity contribution is -0.0810. The molecular formula is C9H9F4N. The molecule has 1 aromatic carbocycles. The van der Waals surface area contributed by atoms with Gasteiger partial charge in [0.15, 0.2) is 0 Å². The van der Waals surface area contributed by atoms with Crippen molar-refractivity contribution in [1.29, 1.82) is 0 Å². The van der Waals surface area contributed by atoms with Gasteiger partial charge in [-0.2, -0.15) is 8.78 Å². The lowest BCUT2D eigenvalue weighted by atomic mass is 10.0. The van der Waals surface area contributed by atoms with Crippen LogP contribution in [0.2, 0.25) is 0 Å². The molecule has 0 amide bonds. The van der Waals surface area contributed by atoms with Gasteiger partial charge in [-0.1, -0.05) is 30.3 Å². The number of benzene rings is 1. The fourth-order valence-corrected chi connectivity index (χ4v) is 1.01. The van der Waals surface area contributed by atoms with E-state index in [9.17, 15) is 17.6 Å². The van der Waals surface area contributed by atoms with Gasteiger partial charge in [0, 0.05) is 5.56 Å². The number of alkyl halides is 4. The van der Waals surface area contributed by atoms with Crippen molar-refractivity contribution in [2.75, 3.05) is 0 Å². The van der Waals surface area contributed by atoms with Crippen molar-refractivity contribution in [3.8, 4) is 0 Å². The van der Waals surface area contributed by atoms with Crippen molar-refractivity contribution in [1.82, 2.24) is 0 Å². The summed E-state index contributed by atoms with van der Waals surface area (Å²) in [5.74, 6) is -3.70. The van der Waals surface area contributed by atoms with Crippen molar-refractivity contribution in [2.45, 2.75) is 18.4 Å². The van der Waals surface area contributed by atoms with Crippen molar-refractivity contribution in [3.63, 3.8) is 0 Å². The van der Waals surface area contributed by atoms with Crippen LogP contribution >= 0.6 is 0 Å². The zero-order chi connectivity index (χ0) is 10.8. The largest absolute Gasteiger partial charge is 0.318 e. The molecule has 2 N–H and O–H groups in total. The number of hydrogen-bond acceptors (Lipinski definition) is 1. The first-order valence-electron chi connectivity index (χ1n) is 3.93. The minimum Gasteiger partial charge on any atom is -0.318 e. The molecule has 0 saturated heterocycles. The molecule has 1 aromatic rings. The molecular weight excluding hydrogens is 198 g/mol. The second kappa shape index (κ2) is 3.96. The average molecular weight is 207 g/mol. The van der Waals surface area contributed by atoms with E-state index in [2.05, 4.69) is 0 Å². The van der Waals surface area contributed by atoms with Gasteiger partial charge >= 0.3 is 0 Å². The Morgan fingerprint density at radius 3 is 2.00 bits per heavy atom. The fraction of sp³-hybridized carbons (Fsp3) is 0.333. The van der Waals surface area contributed by atoms with E-state index in [0.29, 0.717) is 0 Å². The Balaban J connectivity index is 2.96. The molecule has 0 spiro atoms. The van der Waals surface area contributed by atoms with Gasteiger partial charge in [-0.25, -0.2) is 8.78 Å². The monoisotopic (exact) mass is 207 g/mol. The van der Waals surface area contributed by atoms with Crippen molar-refractivity contribution < 1.29 is 17.6 Å². The van der Waals surface area contributed by atoms with Gasteiger partial charge in [-0.3, -0.25) is 0 Å². The van der Waals surface area contributed by atoms with Crippen LogP contribution in [0.1, 0.15) is 5.56 Å². The second-order valence-corrected chi connectivity index (χ2v) is 2.85. The average Bonchev–Trinajstić information content (AvgIpc) is 2.18. The first-order chi connectivity index (χ1) is 6.46. The molecule has 1 nitrogen and oxygen atoms in total. The lowest BCUT2D eigenvalue weighted by Gasteiger charge is -2.22. The Morgan fingerprint density at radius 1 is 1.07 bits per heavy atom. The van der Waals surface area contributed by atoms with Crippen LogP contribution in [0.5, 0.6) is 0 Å². The molecule has 0 heterocycles. The summed E-state index contributed by atoms with van der Waals surface area (Å²) >= 11 is 0. The van der Waals surface area contributed by atoms with E-state index in [1.807, 2.05) is 0 Å². The van der Waals surface area contributed by atoms with Gasteiger partial charge in [-0.15, -0.1) is 0 Å². The lowest BCUT2D eigenvalue weighted by Crippen LogP contribution is -2.44. The predicted octanol–water partition coefficient (Wildman–Crippen LogP) is 2.37. The van der Waals surface area contributed by atoms with Gasteiger partial charge in [0.05, 0.1) is 0 Å². The third-order valence-electron chi connectivity index (χ3n) is 1.85. The highest BCUT2D eigenvalue weighted by Crippen LogP contribution is 2.32. The van der Waals surface area contributed by atoms with E-state index < -0.39 is 24.0 Å². The Kier molecular flexibility index (Phi) is 3.10. The Hall–Kier alpha value is -1.10. The van der Waals surface area contributed by atoms with Gasteiger partial charge in [0.2, 0.25) is 0 Å². The quantitative estimate of drug-likeness (QED) is 0.756. The van der Waals surface area contributed by atoms with Crippen LogP contribution in [0.4, 0.5) is 17.6 Å². The van der Waals surface area contributed by atoms with Crippen LogP contribution in [-0.2, 0) is 5.92 Å². The van der Waals surface area contributed by atoms with Gasteiger partial charge < -0.3 is 5.73 Å². The molecule has 0 aromatic heterocycles. The molecule has 78 valence electrons. The zero-order valence-electron chi connectivity index (χ0n) is 7.13. The first-order valence-corrected chi connectivity index (χ1v) is 3.93. The maximum Gasteiger partial charge on any atom is 0.293 e. The molecule has 1 atom stereocenters. The fourth-order valence-electron chi connectivity index (χ4n) is 1.01. The summed E-state index contributed by atoms with van der Waals surface area (Å²) in [5.41, 5.74) is 4.23. The van der Waals surface area contributed by atoms with Crippen LogP contribution in [0.15, 0.2) is 30.3 Å².